The number of carbonyl (C=O) groups excluding carboxylic acids is 2. The normalized spacial score (nSPS) is 20.0. The zero-order valence-corrected chi connectivity index (χ0v) is 15.3. The van der Waals surface area contributed by atoms with Crippen molar-refractivity contribution in [2.45, 2.75) is 38.3 Å². The lowest BCUT2D eigenvalue weighted by Crippen LogP contribution is -2.55. The van der Waals surface area contributed by atoms with Gasteiger partial charge in [0.1, 0.15) is 5.69 Å². The van der Waals surface area contributed by atoms with Crippen LogP contribution in [0.4, 0.5) is 0 Å². The zero-order chi connectivity index (χ0) is 18.5. The van der Waals surface area contributed by atoms with Gasteiger partial charge < -0.3 is 15.3 Å². The summed E-state index contributed by atoms with van der Waals surface area (Å²) in [5.74, 6) is -0.363. The number of β-amino-alcohol motifs (C(OH)–C–C–N with tert-alkyl or cyclic N) is 1. The van der Waals surface area contributed by atoms with Crippen molar-refractivity contribution in [2.24, 2.45) is 0 Å². The Morgan fingerprint density at radius 2 is 2.23 bits per heavy atom. The second-order valence-corrected chi connectivity index (χ2v) is 7.17. The van der Waals surface area contributed by atoms with Gasteiger partial charge >= 0.3 is 0 Å². The third-order valence-electron chi connectivity index (χ3n) is 4.46. The summed E-state index contributed by atoms with van der Waals surface area (Å²) in [5.41, 5.74) is 2.95. The molecule has 3 heterocycles. The van der Waals surface area contributed by atoms with Crippen molar-refractivity contribution in [3.63, 3.8) is 0 Å². The molecule has 1 saturated heterocycles. The first-order valence-corrected chi connectivity index (χ1v) is 9.34. The molecule has 2 aromatic heterocycles. The van der Waals surface area contributed by atoms with Crippen molar-refractivity contribution in [1.29, 1.82) is 0 Å². The molecule has 1 aliphatic heterocycles. The molecule has 0 unspecified atom stereocenters. The minimum Gasteiger partial charge on any atom is -0.389 e. The van der Waals surface area contributed by atoms with Crippen LogP contribution in [0.3, 0.4) is 0 Å². The molecule has 2 N–H and O–H groups in total. The number of rotatable bonds is 5. The number of aliphatic hydroxyl groups is 1. The molecular weight excluding hydrogens is 354 g/mol. The Balaban J connectivity index is 1.49. The summed E-state index contributed by atoms with van der Waals surface area (Å²) in [7, 11) is 0. The molecule has 1 aliphatic rings. The maximum absolute atomic E-state index is 12.4. The van der Waals surface area contributed by atoms with Gasteiger partial charge in [-0.25, -0.2) is 9.97 Å². The number of carbonyl (C=O) groups is 2. The van der Waals surface area contributed by atoms with Gasteiger partial charge in [-0.2, -0.15) is 0 Å². The SMILES string of the molecule is Cc1ncsc1CCC(=O)N1CC[C@@H](NC(=O)c2cnccn2)[C@H](O)C1. The van der Waals surface area contributed by atoms with Gasteiger partial charge in [0.15, 0.2) is 0 Å². The molecule has 2 aromatic rings. The largest absolute Gasteiger partial charge is 0.389 e. The topological polar surface area (TPSA) is 108 Å². The summed E-state index contributed by atoms with van der Waals surface area (Å²) in [4.78, 5) is 39.3. The van der Waals surface area contributed by atoms with Crippen molar-refractivity contribution >= 4 is 23.2 Å². The summed E-state index contributed by atoms with van der Waals surface area (Å²) in [5, 5.41) is 13.1. The molecule has 3 rings (SSSR count). The number of nitrogens with zero attached hydrogens (tertiary/aromatic N) is 4. The number of thiazole rings is 1. The van der Waals surface area contributed by atoms with Gasteiger partial charge in [0.2, 0.25) is 5.91 Å². The molecule has 0 bridgehead atoms. The average Bonchev–Trinajstić information content (AvgIpc) is 3.07. The van der Waals surface area contributed by atoms with Crippen molar-refractivity contribution in [3.8, 4) is 0 Å². The molecule has 0 spiro atoms. The van der Waals surface area contributed by atoms with E-state index in [9.17, 15) is 14.7 Å². The van der Waals surface area contributed by atoms with Crippen LogP contribution >= 0.6 is 11.3 Å². The number of aliphatic hydroxyl groups excluding tert-OH is 1. The number of amides is 2. The summed E-state index contributed by atoms with van der Waals surface area (Å²) in [6.45, 7) is 2.65. The minimum atomic E-state index is -0.807. The highest BCUT2D eigenvalue weighted by Crippen LogP contribution is 2.17. The van der Waals surface area contributed by atoms with Crippen molar-refractivity contribution < 1.29 is 14.7 Å². The van der Waals surface area contributed by atoms with Crippen LogP contribution in [0.2, 0.25) is 0 Å². The van der Waals surface area contributed by atoms with E-state index in [0.717, 1.165) is 10.6 Å². The van der Waals surface area contributed by atoms with E-state index in [1.807, 2.05) is 6.92 Å². The molecule has 138 valence electrons. The molecule has 9 heteroatoms. The van der Waals surface area contributed by atoms with Crippen molar-refractivity contribution in [3.05, 3.63) is 40.4 Å². The molecular formula is C17H21N5O3S. The monoisotopic (exact) mass is 375 g/mol. The van der Waals surface area contributed by atoms with E-state index in [-0.39, 0.29) is 24.1 Å². The number of piperidine rings is 1. The first kappa shape index (κ1) is 18.4. The number of hydrogen-bond donors (Lipinski definition) is 2. The number of hydrogen-bond acceptors (Lipinski definition) is 7. The molecule has 0 saturated carbocycles. The Hall–Kier alpha value is -2.39. The van der Waals surface area contributed by atoms with Crippen LogP contribution in [-0.2, 0) is 11.2 Å². The molecule has 26 heavy (non-hydrogen) atoms. The lowest BCUT2D eigenvalue weighted by molar-refractivity contribution is -0.134. The van der Waals surface area contributed by atoms with Crippen LogP contribution in [0.5, 0.6) is 0 Å². The highest BCUT2D eigenvalue weighted by Gasteiger charge is 2.31. The zero-order valence-electron chi connectivity index (χ0n) is 14.5. The Morgan fingerprint density at radius 3 is 2.88 bits per heavy atom. The molecule has 0 aromatic carbocycles. The van der Waals surface area contributed by atoms with Crippen LogP contribution in [0.15, 0.2) is 24.1 Å². The Morgan fingerprint density at radius 1 is 1.38 bits per heavy atom. The fourth-order valence-electron chi connectivity index (χ4n) is 2.93. The Labute approximate surface area is 155 Å². The fraction of sp³-hybridized carbons (Fsp3) is 0.471. The van der Waals surface area contributed by atoms with Gasteiger partial charge in [-0.15, -0.1) is 11.3 Å². The van der Waals surface area contributed by atoms with E-state index in [4.69, 9.17) is 0 Å². The van der Waals surface area contributed by atoms with Crippen LogP contribution in [-0.4, -0.2) is 62.0 Å². The van der Waals surface area contributed by atoms with Gasteiger partial charge in [-0.1, -0.05) is 0 Å². The highest BCUT2D eigenvalue weighted by molar-refractivity contribution is 7.09. The Bertz CT molecular complexity index is 767. The third kappa shape index (κ3) is 4.41. The predicted octanol–water partition coefficient (Wildman–Crippen LogP) is 0.566. The van der Waals surface area contributed by atoms with Gasteiger partial charge in [0, 0.05) is 36.8 Å². The van der Waals surface area contributed by atoms with E-state index in [0.29, 0.717) is 25.8 Å². The van der Waals surface area contributed by atoms with Gasteiger partial charge in [-0.3, -0.25) is 14.6 Å². The quantitative estimate of drug-likeness (QED) is 0.791. The first-order valence-electron chi connectivity index (χ1n) is 8.46. The van der Waals surface area contributed by atoms with Crippen LogP contribution in [0.25, 0.3) is 0 Å². The average molecular weight is 375 g/mol. The third-order valence-corrected chi connectivity index (χ3v) is 5.45. The molecule has 1 fully saturated rings. The summed E-state index contributed by atoms with van der Waals surface area (Å²) < 4.78 is 0. The predicted molar refractivity (Wildman–Crippen MR) is 95.7 cm³/mol. The number of likely N-dealkylation sites (tertiary alicyclic amines) is 1. The van der Waals surface area contributed by atoms with Crippen LogP contribution in [0.1, 0.15) is 33.9 Å². The first-order chi connectivity index (χ1) is 12.5. The smallest absolute Gasteiger partial charge is 0.271 e. The van der Waals surface area contributed by atoms with E-state index in [1.54, 1.807) is 21.7 Å². The molecule has 8 nitrogen and oxygen atoms in total. The molecule has 2 atom stereocenters. The summed E-state index contributed by atoms with van der Waals surface area (Å²) in [6.07, 6.45) is 5.06. The van der Waals surface area contributed by atoms with E-state index < -0.39 is 12.1 Å². The van der Waals surface area contributed by atoms with Crippen molar-refractivity contribution in [1.82, 2.24) is 25.2 Å². The van der Waals surface area contributed by atoms with Crippen LogP contribution < -0.4 is 5.32 Å². The Kier molecular flexibility index (Phi) is 5.89. The summed E-state index contributed by atoms with van der Waals surface area (Å²) in [6, 6.07) is -0.405. The number of aromatic nitrogens is 3. The standard InChI is InChI=1S/C17H21N5O3S/c1-11-15(26-10-20-11)2-3-16(24)22-7-4-12(14(23)9-22)21-17(25)13-8-18-5-6-19-13/h5-6,8,10,12,14,23H,2-4,7,9H2,1H3,(H,21,25)/t12-,14-/m1/s1. The van der Waals surface area contributed by atoms with Crippen LogP contribution in [0, 0.1) is 6.92 Å². The van der Waals surface area contributed by atoms with Crippen molar-refractivity contribution in [2.75, 3.05) is 13.1 Å². The van der Waals surface area contributed by atoms with E-state index >= 15 is 0 Å². The second kappa shape index (κ2) is 8.33. The highest BCUT2D eigenvalue weighted by atomic mass is 32.1. The van der Waals surface area contributed by atoms with E-state index in [1.165, 1.54) is 18.6 Å². The number of nitrogens with one attached hydrogen (secondary N) is 1. The number of aryl methyl sites for hydroxylation is 2. The lowest BCUT2D eigenvalue weighted by atomic mass is 10.0. The summed E-state index contributed by atoms with van der Waals surface area (Å²) >= 11 is 1.55. The maximum Gasteiger partial charge on any atom is 0.271 e. The van der Waals surface area contributed by atoms with Gasteiger partial charge in [-0.05, 0) is 19.8 Å². The molecule has 0 radical (unpaired) electrons. The minimum absolute atomic E-state index is 0.00977. The van der Waals surface area contributed by atoms with E-state index in [2.05, 4.69) is 20.3 Å². The molecule has 2 amide bonds. The van der Waals surface area contributed by atoms with Gasteiger partial charge in [0.25, 0.3) is 5.91 Å². The van der Waals surface area contributed by atoms with Gasteiger partial charge in [0.05, 0.1) is 29.5 Å². The fourth-order valence-corrected chi connectivity index (χ4v) is 3.71. The maximum atomic E-state index is 12.4. The molecule has 0 aliphatic carbocycles. The lowest BCUT2D eigenvalue weighted by Gasteiger charge is -2.36. The second-order valence-electron chi connectivity index (χ2n) is 6.23.